The van der Waals surface area contributed by atoms with Gasteiger partial charge >= 0.3 is 0 Å². The average molecular weight is 343 g/mol. The molecule has 1 saturated heterocycles. The highest BCUT2D eigenvalue weighted by Crippen LogP contribution is 2.23. The molecule has 0 bridgehead atoms. The van der Waals surface area contributed by atoms with E-state index in [2.05, 4.69) is 10.0 Å². The van der Waals surface area contributed by atoms with Crippen molar-refractivity contribution in [1.82, 2.24) is 10.0 Å². The number of benzene rings is 1. The van der Waals surface area contributed by atoms with Gasteiger partial charge in [-0.25, -0.2) is 17.5 Å². The zero-order valence-electron chi connectivity index (χ0n) is 10.9. The van der Waals surface area contributed by atoms with E-state index in [-0.39, 0.29) is 34.4 Å². The predicted molar refractivity (Wildman–Crippen MR) is 79.5 cm³/mol. The summed E-state index contributed by atoms with van der Waals surface area (Å²) in [6, 6.07) is 3.42. The second-order valence-corrected chi connectivity index (χ2v) is 6.86. The Kier molecular flexibility index (Phi) is 6.22. The van der Waals surface area contributed by atoms with Gasteiger partial charge in [-0.2, -0.15) is 0 Å². The summed E-state index contributed by atoms with van der Waals surface area (Å²) in [5, 5.41) is 3.26. The molecule has 1 fully saturated rings. The van der Waals surface area contributed by atoms with Crippen LogP contribution in [-0.4, -0.2) is 27.0 Å². The molecule has 0 saturated carbocycles. The minimum Gasteiger partial charge on any atom is -0.314 e. The van der Waals surface area contributed by atoms with Gasteiger partial charge < -0.3 is 5.32 Å². The zero-order valence-corrected chi connectivity index (χ0v) is 13.3. The molecule has 0 radical (unpaired) electrons. The van der Waals surface area contributed by atoms with Crippen LogP contribution in [0.1, 0.15) is 19.8 Å². The lowest BCUT2D eigenvalue weighted by Crippen LogP contribution is -2.46. The number of sulfonamides is 1. The maximum Gasteiger partial charge on any atom is 0.242 e. The molecular weight excluding hydrogens is 326 g/mol. The van der Waals surface area contributed by atoms with E-state index in [9.17, 15) is 12.8 Å². The topological polar surface area (TPSA) is 58.2 Å². The van der Waals surface area contributed by atoms with Crippen LogP contribution in [0.5, 0.6) is 0 Å². The van der Waals surface area contributed by atoms with Crippen LogP contribution in [0.3, 0.4) is 0 Å². The SMILES string of the molecule is CC1CC(NS(=O)(=O)c2cc(F)ccc2Cl)CCN1.Cl. The highest BCUT2D eigenvalue weighted by atomic mass is 35.5. The highest BCUT2D eigenvalue weighted by Gasteiger charge is 2.26. The number of piperidine rings is 1. The molecule has 1 aliphatic rings. The summed E-state index contributed by atoms with van der Waals surface area (Å²) in [7, 11) is -3.79. The molecule has 2 unspecified atom stereocenters. The largest absolute Gasteiger partial charge is 0.314 e. The monoisotopic (exact) mass is 342 g/mol. The molecule has 0 aliphatic carbocycles. The molecular formula is C12H17Cl2FN2O2S. The third kappa shape index (κ3) is 4.30. The lowest BCUT2D eigenvalue weighted by molar-refractivity contribution is 0.361. The Morgan fingerprint density at radius 2 is 2.15 bits per heavy atom. The van der Waals surface area contributed by atoms with Gasteiger partial charge in [-0.05, 0) is 44.5 Å². The van der Waals surface area contributed by atoms with Crippen LogP contribution in [0.25, 0.3) is 0 Å². The fraction of sp³-hybridized carbons (Fsp3) is 0.500. The maximum atomic E-state index is 13.2. The molecule has 2 rings (SSSR count). The summed E-state index contributed by atoms with van der Waals surface area (Å²) in [5.74, 6) is -0.622. The highest BCUT2D eigenvalue weighted by molar-refractivity contribution is 7.89. The van der Waals surface area contributed by atoms with Crippen molar-refractivity contribution in [2.45, 2.75) is 36.7 Å². The zero-order chi connectivity index (χ0) is 14.0. The molecule has 0 aromatic heterocycles. The Bertz CT molecular complexity index is 569. The first-order chi connectivity index (χ1) is 8.88. The Morgan fingerprint density at radius 1 is 1.45 bits per heavy atom. The molecule has 0 amide bonds. The van der Waals surface area contributed by atoms with Gasteiger partial charge in [0, 0.05) is 12.1 Å². The van der Waals surface area contributed by atoms with Gasteiger partial charge in [0.1, 0.15) is 10.7 Å². The van der Waals surface area contributed by atoms with Crippen LogP contribution in [0, 0.1) is 5.82 Å². The first kappa shape index (κ1) is 17.7. The molecule has 1 heterocycles. The van der Waals surface area contributed by atoms with Crippen molar-refractivity contribution >= 4 is 34.0 Å². The van der Waals surface area contributed by atoms with Crippen LogP contribution in [0.2, 0.25) is 5.02 Å². The molecule has 114 valence electrons. The lowest BCUT2D eigenvalue weighted by Gasteiger charge is -2.28. The Hall–Kier alpha value is -0.400. The number of nitrogens with one attached hydrogen (secondary N) is 2. The maximum absolute atomic E-state index is 13.2. The van der Waals surface area contributed by atoms with Gasteiger partial charge in [-0.3, -0.25) is 0 Å². The van der Waals surface area contributed by atoms with Gasteiger partial charge in [-0.1, -0.05) is 11.6 Å². The van der Waals surface area contributed by atoms with E-state index in [4.69, 9.17) is 11.6 Å². The first-order valence-electron chi connectivity index (χ1n) is 6.09. The number of halogens is 3. The van der Waals surface area contributed by atoms with Crippen LogP contribution in [0.15, 0.2) is 23.1 Å². The molecule has 1 aromatic rings. The molecule has 1 aromatic carbocycles. The van der Waals surface area contributed by atoms with E-state index >= 15 is 0 Å². The van der Waals surface area contributed by atoms with Crippen LogP contribution >= 0.6 is 24.0 Å². The van der Waals surface area contributed by atoms with Crippen LogP contribution < -0.4 is 10.0 Å². The minimum atomic E-state index is -3.79. The van der Waals surface area contributed by atoms with E-state index in [0.29, 0.717) is 12.8 Å². The van der Waals surface area contributed by atoms with Crippen molar-refractivity contribution in [2.75, 3.05) is 6.54 Å². The molecule has 4 nitrogen and oxygen atoms in total. The van der Waals surface area contributed by atoms with Gasteiger partial charge in [0.25, 0.3) is 0 Å². The fourth-order valence-corrected chi connectivity index (χ4v) is 4.00. The average Bonchev–Trinajstić information content (AvgIpc) is 2.31. The molecule has 20 heavy (non-hydrogen) atoms. The number of hydrogen-bond donors (Lipinski definition) is 2. The van der Waals surface area contributed by atoms with E-state index in [1.807, 2.05) is 6.92 Å². The standard InChI is InChI=1S/C12H16ClFN2O2S.ClH/c1-8-6-10(4-5-15-8)16-19(17,18)12-7-9(14)2-3-11(12)13;/h2-3,7-8,10,15-16H,4-6H2,1H3;1H. The Labute approximate surface area is 129 Å². The predicted octanol–water partition coefficient (Wildman–Crippen LogP) is 2.32. The fourth-order valence-electron chi connectivity index (χ4n) is 2.20. The van der Waals surface area contributed by atoms with Crippen molar-refractivity contribution < 1.29 is 12.8 Å². The Balaban J connectivity index is 0.00000200. The summed E-state index contributed by atoms with van der Waals surface area (Å²) in [5.41, 5.74) is 0. The lowest BCUT2D eigenvalue weighted by atomic mass is 10.0. The normalized spacial score (nSPS) is 23.1. The van der Waals surface area contributed by atoms with Crippen molar-refractivity contribution in [3.8, 4) is 0 Å². The van der Waals surface area contributed by atoms with Crippen molar-refractivity contribution in [1.29, 1.82) is 0 Å². The summed E-state index contributed by atoms with van der Waals surface area (Å²) >= 11 is 5.83. The quantitative estimate of drug-likeness (QED) is 0.886. The van der Waals surface area contributed by atoms with Crippen LogP contribution in [-0.2, 0) is 10.0 Å². The molecule has 1 aliphatic heterocycles. The third-order valence-electron chi connectivity index (χ3n) is 3.13. The second kappa shape index (κ2) is 7.04. The van der Waals surface area contributed by atoms with Gasteiger partial charge in [-0.15, -0.1) is 12.4 Å². The summed E-state index contributed by atoms with van der Waals surface area (Å²) in [6.45, 7) is 2.75. The van der Waals surface area contributed by atoms with Crippen molar-refractivity contribution in [3.63, 3.8) is 0 Å². The summed E-state index contributed by atoms with van der Waals surface area (Å²) in [6.07, 6.45) is 1.41. The van der Waals surface area contributed by atoms with E-state index in [1.165, 1.54) is 6.07 Å². The van der Waals surface area contributed by atoms with Crippen molar-refractivity contribution in [3.05, 3.63) is 29.0 Å². The first-order valence-corrected chi connectivity index (χ1v) is 7.95. The van der Waals surface area contributed by atoms with Crippen molar-refractivity contribution in [2.24, 2.45) is 0 Å². The summed E-state index contributed by atoms with van der Waals surface area (Å²) in [4.78, 5) is -0.208. The van der Waals surface area contributed by atoms with Crippen LogP contribution in [0.4, 0.5) is 4.39 Å². The van der Waals surface area contributed by atoms with E-state index < -0.39 is 15.8 Å². The number of hydrogen-bond acceptors (Lipinski definition) is 3. The van der Waals surface area contributed by atoms with E-state index in [1.54, 1.807) is 0 Å². The second-order valence-electron chi connectivity index (χ2n) is 4.77. The number of rotatable bonds is 3. The molecule has 2 atom stereocenters. The minimum absolute atomic E-state index is 0. The molecule has 8 heteroatoms. The smallest absolute Gasteiger partial charge is 0.242 e. The van der Waals surface area contributed by atoms with Gasteiger partial charge in [0.2, 0.25) is 10.0 Å². The van der Waals surface area contributed by atoms with Gasteiger partial charge in [0.05, 0.1) is 5.02 Å². The van der Waals surface area contributed by atoms with Gasteiger partial charge in [0.15, 0.2) is 0 Å². The Morgan fingerprint density at radius 3 is 2.80 bits per heavy atom. The van der Waals surface area contributed by atoms with E-state index in [0.717, 1.165) is 18.7 Å². The summed E-state index contributed by atoms with van der Waals surface area (Å²) < 4.78 is 40.1. The third-order valence-corrected chi connectivity index (χ3v) is 5.13. The molecule has 2 N–H and O–H groups in total. The molecule has 0 spiro atoms.